The summed E-state index contributed by atoms with van der Waals surface area (Å²) in [4.78, 5) is 0. The lowest BCUT2D eigenvalue weighted by atomic mass is 10.1. The number of nitrogens with two attached hydrogens (primary N) is 1. The predicted molar refractivity (Wildman–Crippen MR) is 42.2 cm³/mol. The number of hydrogen-bond acceptors (Lipinski definition) is 1. The highest BCUT2D eigenvalue weighted by Gasteiger charge is 1.86. The van der Waals surface area contributed by atoms with Crippen molar-refractivity contribution in [1.82, 2.24) is 0 Å². The first-order valence-corrected chi connectivity index (χ1v) is 3.30. The minimum atomic E-state index is 1.23. The number of hydrogen-bond donors (Lipinski definition) is 1. The van der Waals surface area contributed by atoms with Crippen LogP contribution in [0.3, 0.4) is 0 Å². The summed E-state index contributed by atoms with van der Waals surface area (Å²) in [5.74, 6) is 0. The quantitative estimate of drug-likeness (QED) is 0.525. The molecule has 0 aromatic heterocycles. The van der Waals surface area contributed by atoms with Crippen molar-refractivity contribution >= 4 is 0 Å². The van der Waals surface area contributed by atoms with Crippen LogP contribution >= 0.6 is 0 Å². The van der Waals surface area contributed by atoms with Gasteiger partial charge in [0.2, 0.25) is 0 Å². The summed E-state index contributed by atoms with van der Waals surface area (Å²) in [6, 6.07) is 0. The molecule has 0 spiro atoms. The van der Waals surface area contributed by atoms with E-state index in [1.807, 2.05) is 0 Å². The van der Waals surface area contributed by atoms with Gasteiger partial charge in [-0.25, -0.2) is 0 Å². The Bertz CT molecular complexity index is 112. The molecule has 0 amide bonds. The second-order valence-electron chi connectivity index (χ2n) is 1.93. The summed E-state index contributed by atoms with van der Waals surface area (Å²) in [5, 5.41) is 0. The standard InChI is InChI=1S/C7H10.CH5N/c1-7-5-3-2-4-6-7;1-2/h3,5-6H,2,4H2,1H3;2H2,1H3. The van der Waals surface area contributed by atoms with Gasteiger partial charge in [-0.15, -0.1) is 0 Å². The fraction of sp³-hybridized carbons (Fsp3) is 0.500. The van der Waals surface area contributed by atoms with Crippen LogP contribution in [0.25, 0.3) is 0 Å². The molecule has 1 aliphatic carbocycles. The van der Waals surface area contributed by atoms with Crippen molar-refractivity contribution in [1.29, 1.82) is 0 Å². The third kappa shape index (κ3) is 3.98. The van der Waals surface area contributed by atoms with Crippen molar-refractivity contribution < 1.29 is 0 Å². The van der Waals surface area contributed by atoms with Gasteiger partial charge in [-0.2, -0.15) is 0 Å². The van der Waals surface area contributed by atoms with Crippen LogP contribution in [-0.2, 0) is 0 Å². The highest BCUT2D eigenvalue weighted by atomic mass is 14.4. The first-order chi connectivity index (χ1) is 4.39. The van der Waals surface area contributed by atoms with E-state index in [2.05, 4.69) is 30.9 Å². The van der Waals surface area contributed by atoms with Crippen LogP contribution in [0.1, 0.15) is 19.8 Å². The first-order valence-electron chi connectivity index (χ1n) is 3.30. The molecule has 1 aliphatic rings. The molecule has 0 saturated heterocycles. The van der Waals surface area contributed by atoms with E-state index in [4.69, 9.17) is 0 Å². The Labute approximate surface area is 57.3 Å². The van der Waals surface area contributed by atoms with Gasteiger partial charge in [-0.05, 0) is 26.8 Å². The highest BCUT2D eigenvalue weighted by Crippen LogP contribution is 2.06. The first kappa shape index (κ1) is 8.44. The molecule has 1 heteroatoms. The van der Waals surface area contributed by atoms with E-state index in [0.29, 0.717) is 0 Å². The van der Waals surface area contributed by atoms with Crippen LogP contribution in [0.5, 0.6) is 0 Å². The summed E-state index contributed by atoms with van der Waals surface area (Å²) in [5.41, 5.74) is 5.91. The smallest absolute Gasteiger partial charge is 0.0195 e. The van der Waals surface area contributed by atoms with Gasteiger partial charge in [0.05, 0.1) is 0 Å². The molecule has 2 N–H and O–H groups in total. The second-order valence-corrected chi connectivity index (χ2v) is 1.93. The summed E-state index contributed by atoms with van der Waals surface area (Å²) in [6.45, 7) is 2.13. The van der Waals surface area contributed by atoms with E-state index in [1.165, 1.54) is 25.5 Å². The van der Waals surface area contributed by atoms with Crippen LogP contribution in [-0.4, -0.2) is 7.05 Å². The van der Waals surface area contributed by atoms with Gasteiger partial charge in [-0.3, -0.25) is 0 Å². The maximum absolute atomic E-state index is 4.50. The fourth-order valence-electron chi connectivity index (χ4n) is 0.744. The predicted octanol–water partition coefficient (Wildman–Crippen LogP) is 1.86. The Kier molecular flexibility index (Phi) is 5.23. The molecule has 0 radical (unpaired) electrons. The Hall–Kier alpha value is -0.560. The van der Waals surface area contributed by atoms with Crippen molar-refractivity contribution in [2.75, 3.05) is 7.05 Å². The van der Waals surface area contributed by atoms with Gasteiger partial charge < -0.3 is 5.73 Å². The minimum Gasteiger partial charge on any atom is -0.333 e. The van der Waals surface area contributed by atoms with Gasteiger partial charge in [-0.1, -0.05) is 23.8 Å². The van der Waals surface area contributed by atoms with Crippen LogP contribution in [0.2, 0.25) is 0 Å². The molecule has 0 fully saturated rings. The van der Waals surface area contributed by atoms with Crippen LogP contribution < -0.4 is 5.73 Å². The molecule has 0 aromatic rings. The summed E-state index contributed by atoms with van der Waals surface area (Å²) in [6.07, 6.45) is 9.12. The summed E-state index contributed by atoms with van der Waals surface area (Å²) >= 11 is 0. The second kappa shape index (κ2) is 5.57. The molecular formula is C8H15N. The third-order valence-electron chi connectivity index (χ3n) is 1.18. The third-order valence-corrected chi connectivity index (χ3v) is 1.18. The largest absolute Gasteiger partial charge is 0.333 e. The average molecular weight is 125 g/mol. The van der Waals surface area contributed by atoms with Crippen LogP contribution in [0.4, 0.5) is 0 Å². The zero-order valence-electron chi connectivity index (χ0n) is 6.22. The Morgan fingerprint density at radius 2 is 2.00 bits per heavy atom. The van der Waals surface area contributed by atoms with Crippen LogP contribution in [0, 0.1) is 0 Å². The van der Waals surface area contributed by atoms with E-state index in [-0.39, 0.29) is 0 Å². The normalized spacial score (nSPS) is 15.7. The van der Waals surface area contributed by atoms with Crippen molar-refractivity contribution in [3.05, 3.63) is 23.8 Å². The number of allylic oxidation sites excluding steroid dienone is 4. The highest BCUT2D eigenvalue weighted by molar-refractivity contribution is 5.18. The van der Waals surface area contributed by atoms with Crippen LogP contribution in [0.15, 0.2) is 23.8 Å². The van der Waals surface area contributed by atoms with Crippen molar-refractivity contribution in [3.63, 3.8) is 0 Å². The van der Waals surface area contributed by atoms with Crippen molar-refractivity contribution in [3.8, 4) is 0 Å². The zero-order chi connectivity index (χ0) is 7.11. The van der Waals surface area contributed by atoms with E-state index in [9.17, 15) is 0 Å². The molecule has 9 heavy (non-hydrogen) atoms. The molecular weight excluding hydrogens is 110 g/mol. The topological polar surface area (TPSA) is 26.0 Å². The van der Waals surface area contributed by atoms with E-state index >= 15 is 0 Å². The molecule has 0 heterocycles. The molecule has 1 nitrogen and oxygen atoms in total. The lowest BCUT2D eigenvalue weighted by Gasteiger charge is -1.96. The lowest BCUT2D eigenvalue weighted by molar-refractivity contribution is 1.02. The summed E-state index contributed by atoms with van der Waals surface area (Å²) in [7, 11) is 1.50. The Morgan fingerprint density at radius 3 is 2.22 bits per heavy atom. The van der Waals surface area contributed by atoms with E-state index in [1.54, 1.807) is 0 Å². The number of rotatable bonds is 0. The van der Waals surface area contributed by atoms with Crippen molar-refractivity contribution in [2.45, 2.75) is 19.8 Å². The van der Waals surface area contributed by atoms with Gasteiger partial charge in [0.1, 0.15) is 0 Å². The maximum atomic E-state index is 4.50. The Morgan fingerprint density at radius 1 is 1.33 bits per heavy atom. The van der Waals surface area contributed by atoms with Gasteiger partial charge in [0, 0.05) is 0 Å². The lowest BCUT2D eigenvalue weighted by Crippen LogP contribution is -1.76. The molecule has 0 aliphatic heterocycles. The average Bonchev–Trinajstić information content (AvgIpc) is 1.94. The Balaban J connectivity index is 0.000000291. The monoisotopic (exact) mass is 125 g/mol. The fourth-order valence-corrected chi connectivity index (χ4v) is 0.744. The molecule has 0 unspecified atom stereocenters. The summed E-state index contributed by atoms with van der Waals surface area (Å²) < 4.78 is 0. The minimum absolute atomic E-state index is 1.23. The maximum Gasteiger partial charge on any atom is -0.0195 e. The van der Waals surface area contributed by atoms with E-state index < -0.39 is 0 Å². The molecule has 0 saturated carbocycles. The zero-order valence-corrected chi connectivity index (χ0v) is 6.22. The molecule has 0 aromatic carbocycles. The van der Waals surface area contributed by atoms with Gasteiger partial charge in [0.15, 0.2) is 0 Å². The molecule has 52 valence electrons. The molecule has 0 atom stereocenters. The molecule has 0 bridgehead atoms. The van der Waals surface area contributed by atoms with Crippen molar-refractivity contribution in [2.24, 2.45) is 5.73 Å². The van der Waals surface area contributed by atoms with Gasteiger partial charge in [0.25, 0.3) is 0 Å². The SMILES string of the molecule is CC1=CCCC=C1.CN. The van der Waals surface area contributed by atoms with Gasteiger partial charge >= 0.3 is 0 Å². The molecule has 1 rings (SSSR count). The van der Waals surface area contributed by atoms with E-state index in [0.717, 1.165) is 0 Å².